The van der Waals surface area contributed by atoms with Crippen molar-refractivity contribution in [1.82, 2.24) is 4.98 Å². The minimum atomic E-state index is 0.117. The standard InChI is InChI=1S/C17H21ClN2S/c1-2-3-11-19-16-20-15(12-21-16)17(9-4-10-17)13-5-7-14(18)8-6-13/h5-8,12H,2-4,9-11H2,1H3,(H,19,20). The number of thiazole rings is 1. The molecular formula is C17H21ClN2S. The SMILES string of the molecule is CCCCNc1nc(C2(c3ccc(Cl)cc3)CCC2)cs1. The molecule has 0 aliphatic heterocycles. The van der Waals surface area contributed by atoms with Gasteiger partial charge in [-0.1, -0.05) is 43.5 Å². The van der Waals surface area contributed by atoms with Crippen molar-refractivity contribution in [3.8, 4) is 0 Å². The smallest absolute Gasteiger partial charge is 0.182 e. The molecule has 1 N–H and O–H groups in total. The van der Waals surface area contributed by atoms with E-state index in [0.29, 0.717) is 0 Å². The van der Waals surface area contributed by atoms with Gasteiger partial charge in [-0.15, -0.1) is 11.3 Å². The maximum absolute atomic E-state index is 6.02. The summed E-state index contributed by atoms with van der Waals surface area (Å²) >= 11 is 7.75. The third-order valence-corrected chi connectivity index (χ3v) is 5.46. The summed E-state index contributed by atoms with van der Waals surface area (Å²) in [6, 6.07) is 8.30. The molecule has 0 bridgehead atoms. The summed E-state index contributed by atoms with van der Waals surface area (Å²) in [5.74, 6) is 0. The van der Waals surface area contributed by atoms with Crippen molar-refractivity contribution >= 4 is 28.1 Å². The van der Waals surface area contributed by atoms with Gasteiger partial charge in [-0.25, -0.2) is 4.98 Å². The fourth-order valence-electron chi connectivity index (χ4n) is 2.94. The van der Waals surface area contributed by atoms with Crippen LogP contribution < -0.4 is 5.32 Å². The Balaban J connectivity index is 1.81. The van der Waals surface area contributed by atoms with E-state index >= 15 is 0 Å². The van der Waals surface area contributed by atoms with Crippen LogP contribution in [0.15, 0.2) is 29.6 Å². The Morgan fingerprint density at radius 2 is 2.05 bits per heavy atom. The number of rotatable bonds is 6. The van der Waals surface area contributed by atoms with Gasteiger partial charge in [0.1, 0.15) is 0 Å². The molecule has 1 fully saturated rings. The molecule has 0 saturated heterocycles. The number of aromatic nitrogens is 1. The van der Waals surface area contributed by atoms with Crippen LogP contribution in [-0.4, -0.2) is 11.5 Å². The van der Waals surface area contributed by atoms with E-state index in [4.69, 9.17) is 16.6 Å². The van der Waals surface area contributed by atoms with Crippen LogP contribution in [0.5, 0.6) is 0 Å². The predicted molar refractivity (Wildman–Crippen MR) is 91.6 cm³/mol. The zero-order chi connectivity index (χ0) is 14.7. The molecule has 0 spiro atoms. The Morgan fingerprint density at radius 3 is 2.67 bits per heavy atom. The molecule has 0 atom stereocenters. The second-order valence-corrected chi connectivity index (χ2v) is 7.06. The first kappa shape index (κ1) is 14.9. The maximum atomic E-state index is 6.02. The number of halogens is 1. The minimum Gasteiger partial charge on any atom is -0.362 e. The summed E-state index contributed by atoms with van der Waals surface area (Å²) in [6.45, 7) is 3.22. The highest BCUT2D eigenvalue weighted by Crippen LogP contribution is 2.49. The van der Waals surface area contributed by atoms with Crippen LogP contribution in [0, 0.1) is 0 Å². The van der Waals surface area contributed by atoms with Crippen LogP contribution in [0.2, 0.25) is 5.02 Å². The lowest BCUT2D eigenvalue weighted by Crippen LogP contribution is -2.35. The zero-order valence-corrected chi connectivity index (χ0v) is 13.9. The van der Waals surface area contributed by atoms with Gasteiger partial charge in [0.25, 0.3) is 0 Å². The molecule has 2 aromatic rings. The molecule has 3 rings (SSSR count). The van der Waals surface area contributed by atoms with E-state index in [-0.39, 0.29) is 5.41 Å². The van der Waals surface area contributed by atoms with Crippen LogP contribution in [0.4, 0.5) is 5.13 Å². The number of hydrogen-bond donors (Lipinski definition) is 1. The second kappa shape index (κ2) is 6.37. The van der Waals surface area contributed by atoms with Crippen molar-refractivity contribution in [2.75, 3.05) is 11.9 Å². The third kappa shape index (κ3) is 2.95. The molecule has 2 nitrogen and oxygen atoms in total. The van der Waals surface area contributed by atoms with Crippen LogP contribution in [0.1, 0.15) is 50.3 Å². The number of hydrogen-bond acceptors (Lipinski definition) is 3. The molecular weight excluding hydrogens is 300 g/mol. The van der Waals surface area contributed by atoms with Crippen molar-refractivity contribution in [2.24, 2.45) is 0 Å². The first-order chi connectivity index (χ1) is 10.2. The Morgan fingerprint density at radius 1 is 1.29 bits per heavy atom. The first-order valence-electron chi connectivity index (χ1n) is 7.70. The van der Waals surface area contributed by atoms with Gasteiger partial charge in [0.15, 0.2) is 5.13 Å². The fraction of sp³-hybridized carbons (Fsp3) is 0.471. The third-order valence-electron chi connectivity index (χ3n) is 4.40. The first-order valence-corrected chi connectivity index (χ1v) is 8.96. The van der Waals surface area contributed by atoms with E-state index in [1.54, 1.807) is 11.3 Å². The fourth-order valence-corrected chi connectivity index (χ4v) is 3.90. The Labute approximate surface area is 135 Å². The van der Waals surface area contributed by atoms with Gasteiger partial charge in [0.05, 0.1) is 5.69 Å². The maximum Gasteiger partial charge on any atom is 0.182 e. The molecule has 0 amide bonds. The molecule has 1 saturated carbocycles. The molecule has 21 heavy (non-hydrogen) atoms. The Bertz CT molecular complexity index is 587. The highest BCUT2D eigenvalue weighted by Gasteiger charge is 2.42. The lowest BCUT2D eigenvalue weighted by molar-refractivity contribution is 0.295. The van der Waals surface area contributed by atoms with Gasteiger partial charge in [-0.3, -0.25) is 0 Å². The van der Waals surface area contributed by atoms with Crippen molar-refractivity contribution in [2.45, 2.75) is 44.4 Å². The Kier molecular flexibility index (Phi) is 4.51. The lowest BCUT2D eigenvalue weighted by Gasteiger charge is -2.41. The molecule has 1 aliphatic carbocycles. The lowest BCUT2D eigenvalue weighted by atomic mass is 9.63. The molecule has 112 valence electrons. The van der Waals surface area contributed by atoms with Crippen molar-refractivity contribution < 1.29 is 0 Å². The normalized spacial score (nSPS) is 16.5. The topological polar surface area (TPSA) is 24.9 Å². The van der Waals surface area contributed by atoms with Gasteiger partial charge >= 0.3 is 0 Å². The number of nitrogens with one attached hydrogen (secondary N) is 1. The summed E-state index contributed by atoms with van der Waals surface area (Å²) in [5.41, 5.74) is 2.69. The minimum absolute atomic E-state index is 0.117. The molecule has 1 heterocycles. The van der Waals surface area contributed by atoms with E-state index in [1.165, 1.54) is 43.4 Å². The largest absolute Gasteiger partial charge is 0.362 e. The number of benzene rings is 1. The molecule has 0 unspecified atom stereocenters. The van der Waals surface area contributed by atoms with E-state index in [9.17, 15) is 0 Å². The van der Waals surface area contributed by atoms with Crippen LogP contribution in [-0.2, 0) is 5.41 Å². The highest BCUT2D eigenvalue weighted by molar-refractivity contribution is 7.13. The second-order valence-electron chi connectivity index (χ2n) is 5.76. The predicted octanol–water partition coefficient (Wildman–Crippen LogP) is 5.48. The van der Waals surface area contributed by atoms with Gasteiger partial charge in [-0.2, -0.15) is 0 Å². The van der Waals surface area contributed by atoms with E-state index in [2.05, 4.69) is 29.8 Å². The van der Waals surface area contributed by atoms with Gasteiger partial charge in [0, 0.05) is 22.4 Å². The Hall–Kier alpha value is -1.06. The summed E-state index contributed by atoms with van der Waals surface area (Å²) in [4.78, 5) is 4.85. The molecule has 1 aromatic heterocycles. The molecule has 1 aliphatic rings. The van der Waals surface area contributed by atoms with Crippen molar-refractivity contribution in [3.05, 3.63) is 45.9 Å². The van der Waals surface area contributed by atoms with Crippen molar-refractivity contribution in [3.63, 3.8) is 0 Å². The number of nitrogens with zero attached hydrogens (tertiary/aromatic N) is 1. The van der Waals surface area contributed by atoms with Gasteiger partial charge in [0.2, 0.25) is 0 Å². The summed E-state index contributed by atoms with van der Waals surface area (Å²) in [5, 5.41) is 7.51. The molecule has 0 radical (unpaired) electrons. The zero-order valence-electron chi connectivity index (χ0n) is 12.4. The van der Waals surface area contributed by atoms with Crippen molar-refractivity contribution in [1.29, 1.82) is 0 Å². The highest BCUT2D eigenvalue weighted by atomic mass is 35.5. The van der Waals surface area contributed by atoms with Crippen LogP contribution >= 0.6 is 22.9 Å². The van der Waals surface area contributed by atoms with Gasteiger partial charge in [-0.05, 0) is 37.0 Å². The monoisotopic (exact) mass is 320 g/mol. The summed E-state index contributed by atoms with van der Waals surface area (Å²) < 4.78 is 0. The van der Waals surface area contributed by atoms with E-state index in [1.807, 2.05) is 12.1 Å². The summed E-state index contributed by atoms with van der Waals surface area (Å²) in [7, 11) is 0. The average Bonchev–Trinajstić information content (AvgIpc) is 2.89. The summed E-state index contributed by atoms with van der Waals surface area (Å²) in [6.07, 6.45) is 6.05. The average molecular weight is 321 g/mol. The van der Waals surface area contributed by atoms with Crippen LogP contribution in [0.3, 0.4) is 0 Å². The van der Waals surface area contributed by atoms with E-state index < -0.39 is 0 Å². The number of unbranched alkanes of at least 4 members (excludes halogenated alkanes) is 1. The van der Waals surface area contributed by atoms with Gasteiger partial charge < -0.3 is 5.32 Å². The molecule has 1 aromatic carbocycles. The molecule has 4 heteroatoms. The van der Waals surface area contributed by atoms with Crippen LogP contribution in [0.25, 0.3) is 0 Å². The number of anilines is 1. The van der Waals surface area contributed by atoms with E-state index in [0.717, 1.165) is 16.7 Å². The quantitative estimate of drug-likeness (QED) is 0.713.